The Morgan fingerprint density at radius 1 is 1.12 bits per heavy atom. The molecular formula is C19H20N2O3. The van der Waals surface area contributed by atoms with Gasteiger partial charge in [-0.05, 0) is 36.6 Å². The minimum absolute atomic E-state index is 0.150. The molecule has 0 bridgehead atoms. The Hall–Kier alpha value is -2.82. The second-order valence-corrected chi connectivity index (χ2v) is 5.74. The summed E-state index contributed by atoms with van der Waals surface area (Å²) < 4.78 is 4.75. The average Bonchev–Trinajstić information content (AvgIpc) is 2.62. The summed E-state index contributed by atoms with van der Waals surface area (Å²) in [6.07, 6.45) is 2.07. The molecule has 0 aliphatic carbocycles. The summed E-state index contributed by atoms with van der Waals surface area (Å²) in [6, 6.07) is 15.0. The van der Waals surface area contributed by atoms with Gasteiger partial charge in [-0.1, -0.05) is 30.3 Å². The van der Waals surface area contributed by atoms with Crippen molar-refractivity contribution in [3.63, 3.8) is 0 Å². The topological polar surface area (TPSA) is 58.6 Å². The molecule has 0 atom stereocenters. The van der Waals surface area contributed by atoms with E-state index in [1.807, 2.05) is 18.2 Å². The van der Waals surface area contributed by atoms with Gasteiger partial charge in [0.1, 0.15) is 0 Å². The Bertz CT molecular complexity index is 758. The third-order valence-electron chi connectivity index (χ3n) is 4.15. The number of hydrogen-bond acceptors (Lipinski definition) is 4. The highest BCUT2D eigenvalue weighted by atomic mass is 16.5. The molecule has 5 nitrogen and oxygen atoms in total. The second-order valence-electron chi connectivity index (χ2n) is 5.74. The van der Waals surface area contributed by atoms with Crippen LogP contribution in [0.2, 0.25) is 0 Å². The largest absolute Gasteiger partial charge is 0.465 e. The van der Waals surface area contributed by atoms with Gasteiger partial charge in [-0.2, -0.15) is 0 Å². The number of methoxy groups -OCH3 is 1. The third kappa shape index (κ3) is 3.40. The van der Waals surface area contributed by atoms with Crippen LogP contribution in [-0.2, 0) is 16.0 Å². The van der Waals surface area contributed by atoms with Gasteiger partial charge in [-0.25, -0.2) is 4.79 Å². The van der Waals surface area contributed by atoms with Crippen LogP contribution in [0.25, 0.3) is 0 Å². The molecule has 1 aliphatic rings. The van der Waals surface area contributed by atoms with E-state index in [4.69, 9.17) is 4.74 Å². The molecule has 24 heavy (non-hydrogen) atoms. The summed E-state index contributed by atoms with van der Waals surface area (Å²) in [5.41, 5.74) is 3.21. The van der Waals surface area contributed by atoms with E-state index >= 15 is 0 Å². The molecular weight excluding hydrogens is 304 g/mol. The van der Waals surface area contributed by atoms with Crippen molar-refractivity contribution in [1.29, 1.82) is 0 Å². The number of carbonyl (C=O) groups excluding carboxylic acids is 2. The molecule has 1 amide bonds. The first-order valence-electron chi connectivity index (χ1n) is 7.99. The standard InChI is InChI=1S/C19H20N2O3/c1-24-19(23)15-9-3-4-10-16(15)20-18(22)13-21-12-6-8-14-7-2-5-11-17(14)21/h2-5,7,9-11H,6,8,12-13H2,1H3,(H,20,22). The summed E-state index contributed by atoms with van der Waals surface area (Å²) in [5, 5.41) is 2.82. The van der Waals surface area contributed by atoms with Crippen LogP contribution in [0.1, 0.15) is 22.3 Å². The molecule has 0 aromatic heterocycles. The number of hydrogen-bond donors (Lipinski definition) is 1. The minimum Gasteiger partial charge on any atom is -0.465 e. The Kier molecular flexibility index (Phi) is 4.79. The Labute approximate surface area is 141 Å². The van der Waals surface area contributed by atoms with Gasteiger partial charge in [-0.15, -0.1) is 0 Å². The zero-order valence-electron chi connectivity index (χ0n) is 13.6. The normalized spacial score (nSPS) is 13.1. The summed E-state index contributed by atoms with van der Waals surface area (Å²) in [5.74, 6) is -0.614. The van der Waals surface area contributed by atoms with E-state index in [2.05, 4.69) is 16.3 Å². The SMILES string of the molecule is COC(=O)c1ccccc1NC(=O)CN1CCCc2ccccc21. The summed E-state index contributed by atoms with van der Waals surface area (Å²) in [7, 11) is 1.32. The molecule has 1 aliphatic heterocycles. The van der Waals surface area contributed by atoms with Crippen LogP contribution < -0.4 is 10.2 Å². The molecule has 124 valence electrons. The fourth-order valence-electron chi connectivity index (χ4n) is 3.02. The predicted molar refractivity (Wildman–Crippen MR) is 93.4 cm³/mol. The van der Waals surface area contributed by atoms with Gasteiger partial charge in [0.15, 0.2) is 0 Å². The van der Waals surface area contributed by atoms with Crippen LogP contribution >= 0.6 is 0 Å². The number of rotatable bonds is 4. The lowest BCUT2D eigenvalue weighted by molar-refractivity contribution is -0.115. The van der Waals surface area contributed by atoms with Crippen molar-refractivity contribution in [2.24, 2.45) is 0 Å². The number of amides is 1. The molecule has 1 N–H and O–H groups in total. The van der Waals surface area contributed by atoms with Crippen LogP contribution in [0.5, 0.6) is 0 Å². The van der Waals surface area contributed by atoms with Crippen molar-refractivity contribution < 1.29 is 14.3 Å². The van der Waals surface area contributed by atoms with Crippen molar-refractivity contribution in [3.05, 3.63) is 59.7 Å². The average molecular weight is 324 g/mol. The minimum atomic E-state index is -0.464. The summed E-state index contributed by atoms with van der Waals surface area (Å²) in [6.45, 7) is 1.11. The molecule has 3 rings (SSSR count). The lowest BCUT2D eigenvalue weighted by Gasteiger charge is -2.30. The molecule has 5 heteroatoms. The highest BCUT2D eigenvalue weighted by molar-refractivity contribution is 6.02. The Morgan fingerprint density at radius 2 is 1.88 bits per heavy atom. The molecule has 0 unspecified atom stereocenters. The van der Waals surface area contributed by atoms with Crippen LogP contribution in [0, 0.1) is 0 Å². The van der Waals surface area contributed by atoms with Crippen LogP contribution in [-0.4, -0.2) is 32.1 Å². The van der Waals surface area contributed by atoms with E-state index in [9.17, 15) is 9.59 Å². The Morgan fingerprint density at radius 3 is 2.71 bits per heavy atom. The fourth-order valence-corrected chi connectivity index (χ4v) is 3.02. The molecule has 0 saturated carbocycles. The van der Waals surface area contributed by atoms with E-state index in [1.165, 1.54) is 12.7 Å². The first-order chi connectivity index (χ1) is 11.7. The van der Waals surface area contributed by atoms with Crippen molar-refractivity contribution in [2.75, 3.05) is 30.4 Å². The lowest BCUT2D eigenvalue weighted by Crippen LogP contribution is -2.37. The van der Waals surface area contributed by atoms with E-state index in [-0.39, 0.29) is 12.5 Å². The number of para-hydroxylation sites is 2. The molecule has 0 fully saturated rings. The number of carbonyl (C=O) groups is 2. The number of ether oxygens (including phenoxy) is 1. The van der Waals surface area contributed by atoms with Gasteiger partial charge in [0.2, 0.25) is 5.91 Å². The van der Waals surface area contributed by atoms with Gasteiger partial charge < -0.3 is 15.0 Å². The maximum atomic E-state index is 12.4. The third-order valence-corrected chi connectivity index (χ3v) is 4.15. The van der Waals surface area contributed by atoms with E-state index < -0.39 is 5.97 Å². The van der Waals surface area contributed by atoms with Gasteiger partial charge in [0.05, 0.1) is 24.9 Å². The van der Waals surface area contributed by atoms with Crippen molar-refractivity contribution in [3.8, 4) is 0 Å². The smallest absolute Gasteiger partial charge is 0.339 e. The number of benzene rings is 2. The fraction of sp³-hybridized carbons (Fsp3) is 0.263. The summed E-state index contributed by atoms with van der Waals surface area (Å²) >= 11 is 0. The first kappa shape index (κ1) is 16.1. The monoisotopic (exact) mass is 324 g/mol. The molecule has 1 heterocycles. The molecule has 2 aromatic rings. The van der Waals surface area contributed by atoms with E-state index in [0.29, 0.717) is 11.3 Å². The predicted octanol–water partition coefficient (Wildman–Crippen LogP) is 2.86. The number of esters is 1. The number of fused-ring (bicyclic) bond motifs is 1. The van der Waals surface area contributed by atoms with Gasteiger partial charge in [-0.3, -0.25) is 4.79 Å². The summed E-state index contributed by atoms with van der Waals surface area (Å²) in [4.78, 5) is 26.3. The lowest BCUT2D eigenvalue weighted by atomic mass is 10.0. The van der Waals surface area contributed by atoms with Crippen LogP contribution in [0.3, 0.4) is 0 Å². The second kappa shape index (κ2) is 7.17. The molecule has 0 spiro atoms. The van der Waals surface area contributed by atoms with Crippen LogP contribution in [0.15, 0.2) is 48.5 Å². The van der Waals surface area contributed by atoms with Crippen molar-refractivity contribution in [1.82, 2.24) is 0 Å². The Balaban J connectivity index is 1.73. The first-order valence-corrected chi connectivity index (χ1v) is 7.99. The van der Waals surface area contributed by atoms with Crippen molar-refractivity contribution >= 4 is 23.3 Å². The number of nitrogens with zero attached hydrogens (tertiary/aromatic N) is 1. The molecule has 0 radical (unpaired) electrons. The van der Waals surface area contributed by atoms with Crippen LogP contribution in [0.4, 0.5) is 11.4 Å². The molecule has 2 aromatic carbocycles. The van der Waals surface area contributed by atoms with E-state index in [0.717, 1.165) is 25.1 Å². The highest BCUT2D eigenvalue weighted by Gasteiger charge is 2.20. The van der Waals surface area contributed by atoms with Crippen molar-refractivity contribution in [2.45, 2.75) is 12.8 Å². The van der Waals surface area contributed by atoms with Gasteiger partial charge in [0, 0.05) is 12.2 Å². The van der Waals surface area contributed by atoms with Gasteiger partial charge >= 0.3 is 5.97 Å². The van der Waals surface area contributed by atoms with Gasteiger partial charge in [0.25, 0.3) is 0 Å². The highest BCUT2D eigenvalue weighted by Crippen LogP contribution is 2.26. The van der Waals surface area contributed by atoms with E-state index in [1.54, 1.807) is 24.3 Å². The zero-order valence-corrected chi connectivity index (χ0v) is 13.6. The number of aryl methyl sites for hydroxylation is 1. The maximum Gasteiger partial charge on any atom is 0.339 e. The quantitative estimate of drug-likeness (QED) is 0.879. The molecule has 0 saturated heterocycles. The number of nitrogens with one attached hydrogen (secondary N) is 1. The maximum absolute atomic E-state index is 12.4. The zero-order chi connectivity index (χ0) is 16.9. The number of anilines is 2.